The first kappa shape index (κ1) is 24.3. The molecule has 0 radical (unpaired) electrons. The Morgan fingerprint density at radius 2 is 1.69 bits per heavy atom. The maximum atomic E-state index is 12.3. The number of hydrogen-bond acceptors (Lipinski definition) is 7. The third-order valence-electron chi connectivity index (χ3n) is 6.25. The number of aromatic hydroxyl groups is 1. The number of aliphatic hydroxyl groups excluding tert-OH is 2. The van der Waals surface area contributed by atoms with Gasteiger partial charge in [0, 0.05) is 18.0 Å². The van der Waals surface area contributed by atoms with Gasteiger partial charge in [-0.3, -0.25) is 4.79 Å². The number of fused-ring (bicyclic) bond motifs is 3. The number of methoxy groups -OCH3 is 1. The van der Waals surface area contributed by atoms with Crippen molar-refractivity contribution in [1.82, 2.24) is 5.32 Å². The van der Waals surface area contributed by atoms with Crippen LogP contribution in [0.2, 0.25) is 0 Å². The van der Waals surface area contributed by atoms with E-state index in [1.54, 1.807) is 0 Å². The van der Waals surface area contributed by atoms with Gasteiger partial charge in [0.2, 0.25) is 0 Å². The molecule has 35 heavy (non-hydrogen) atoms. The summed E-state index contributed by atoms with van der Waals surface area (Å²) in [4.78, 5) is 23.6. The lowest BCUT2D eigenvalue weighted by atomic mass is 9.97. The Hall–Kier alpha value is -3.88. The first-order valence-electron chi connectivity index (χ1n) is 11.3. The minimum Gasteiger partial charge on any atom is -0.504 e. The van der Waals surface area contributed by atoms with Crippen LogP contribution in [0.3, 0.4) is 0 Å². The van der Waals surface area contributed by atoms with Gasteiger partial charge in [-0.15, -0.1) is 0 Å². The number of phenols is 1. The summed E-state index contributed by atoms with van der Waals surface area (Å²) in [5.41, 5.74) is 4.62. The van der Waals surface area contributed by atoms with Gasteiger partial charge in [0.25, 0.3) is 0 Å². The fourth-order valence-corrected chi connectivity index (χ4v) is 4.46. The maximum absolute atomic E-state index is 12.3. The lowest BCUT2D eigenvalue weighted by Crippen LogP contribution is -2.31. The number of aldehydes is 1. The number of nitrogens with one attached hydrogen (secondary N) is 1. The van der Waals surface area contributed by atoms with Gasteiger partial charge in [-0.25, -0.2) is 4.79 Å². The number of benzene rings is 3. The Kier molecular flexibility index (Phi) is 7.33. The molecule has 0 spiro atoms. The molecule has 0 saturated heterocycles. The van der Waals surface area contributed by atoms with Gasteiger partial charge in [-0.1, -0.05) is 48.5 Å². The first-order valence-corrected chi connectivity index (χ1v) is 11.3. The number of alkyl carbamates (subject to hydrolysis) is 1. The summed E-state index contributed by atoms with van der Waals surface area (Å²) in [6.45, 7) is 0.210. The molecule has 0 heterocycles. The van der Waals surface area contributed by atoms with Crippen molar-refractivity contribution in [2.24, 2.45) is 0 Å². The molecule has 8 heteroatoms. The molecule has 2 unspecified atom stereocenters. The standard InChI is InChI=1S/C27H27NO7/c1-34-25-13-21(16(14-29)12-24(25)31)26(32)23(30)10-11-28-27(33)35-15-22-19-8-4-2-6-17(19)18-7-3-5-9-20(18)22/h2-9,12-14,22-23,26,30-32H,10-11,15H2,1H3,(H,28,33). The molecule has 0 aromatic heterocycles. The van der Waals surface area contributed by atoms with Crippen LogP contribution in [-0.2, 0) is 4.74 Å². The molecule has 8 nitrogen and oxygen atoms in total. The van der Waals surface area contributed by atoms with Crippen molar-refractivity contribution in [1.29, 1.82) is 0 Å². The van der Waals surface area contributed by atoms with Gasteiger partial charge >= 0.3 is 6.09 Å². The summed E-state index contributed by atoms with van der Waals surface area (Å²) in [7, 11) is 1.33. The molecule has 1 amide bonds. The van der Waals surface area contributed by atoms with Gasteiger partial charge in [-0.2, -0.15) is 0 Å². The third kappa shape index (κ3) is 4.99. The van der Waals surface area contributed by atoms with E-state index in [1.165, 1.54) is 13.2 Å². The van der Waals surface area contributed by atoms with Crippen molar-refractivity contribution in [3.8, 4) is 22.6 Å². The summed E-state index contributed by atoms with van der Waals surface area (Å²) in [6.07, 6.45) is -2.86. The van der Waals surface area contributed by atoms with E-state index < -0.39 is 18.3 Å². The van der Waals surface area contributed by atoms with Crippen LogP contribution in [0.5, 0.6) is 11.5 Å². The zero-order valence-electron chi connectivity index (χ0n) is 19.2. The number of carbonyl (C=O) groups is 2. The highest BCUT2D eigenvalue weighted by molar-refractivity contribution is 5.80. The van der Waals surface area contributed by atoms with E-state index in [0.29, 0.717) is 6.29 Å². The molecule has 0 bridgehead atoms. The van der Waals surface area contributed by atoms with Crippen molar-refractivity contribution in [2.75, 3.05) is 20.3 Å². The average molecular weight is 478 g/mol. The molecule has 3 aromatic rings. The van der Waals surface area contributed by atoms with E-state index in [4.69, 9.17) is 9.47 Å². The predicted octanol–water partition coefficient (Wildman–Crippen LogP) is 3.54. The van der Waals surface area contributed by atoms with Crippen LogP contribution in [0, 0.1) is 0 Å². The number of rotatable bonds is 9. The van der Waals surface area contributed by atoms with Gasteiger partial charge in [0.15, 0.2) is 17.8 Å². The minimum atomic E-state index is -1.42. The van der Waals surface area contributed by atoms with Crippen LogP contribution in [0.1, 0.15) is 45.5 Å². The van der Waals surface area contributed by atoms with Gasteiger partial charge in [0.05, 0.1) is 13.2 Å². The normalized spacial score (nSPS) is 13.9. The van der Waals surface area contributed by atoms with Gasteiger partial charge < -0.3 is 30.1 Å². The molecular formula is C27H27NO7. The number of ether oxygens (including phenoxy) is 2. The molecule has 0 saturated carbocycles. The highest BCUT2D eigenvalue weighted by Crippen LogP contribution is 2.44. The van der Waals surface area contributed by atoms with Crippen molar-refractivity contribution >= 4 is 12.4 Å². The van der Waals surface area contributed by atoms with Crippen molar-refractivity contribution in [2.45, 2.75) is 24.5 Å². The first-order chi connectivity index (χ1) is 16.9. The SMILES string of the molecule is COc1cc(C(O)C(O)CCNC(=O)OCC2c3ccccc3-c3ccccc32)c(C=O)cc1O. The fourth-order valence-electron chi connectivity index (χ4n) is 4.46. The van der Waals surface area contributed by atoms with E-state index in [-0.39, 0.29) is 48.1 Å². The molecule has 1 aliphatic rings. The van der Waals surface area contributed by atoms with Crippen molar-refractivity contribution < 1.29 is 34.4 Å². The summed E-state index contributed by atoms with van der Waals surface area (Å²) < 4.78 is 10.5. The molecule has 182 valence electrons. The topological polar surface area (TPSA) is 125 Å². The largest absolute Gasteiger partial charge is 0.504 e. The van der Waals surface area contributed by atoms with Crippen molar-refractivity contribution in [3.05, 3.63) is 82.9 Å². The Labute approximate surface area is 202 Å². The number of carbonyl (C=O) groups excluding carboxylic acids is 2. The third-order valence-corrected chi connectivity index (χ3v) is 6.25. The molecule has 0 fully saturated rings. The Balaban J connectivity index is 1.31. The summed E-state index contributed by atoms with van der Waals surface area (Å²) in [5.74, 6) is -0.252. The second kappa shape index (κ2) is 10.6. The number of phenolic OH excluding ortho intramolecular Hbond substituents is 1. The predicted molar refractivity (Wildman–Crippen MR) is 129 cm³/mol. The van der Waals surface area contributed by atoms with Crippen LogP contribution in [0.15, 0.2) is 60.7 Å². The van der Waals surface area contributed by atoms with Gasteiger partial charge in [0.1, 0.15) is 12.7 Å². The Morgan fingerprint density at radius 1 is 1.06 bits per heavy atom. The molecule has 0 aliphatic heterocycles. The maximum Gasteiger partial charge on any atom is 0.407 e. The van der Waals surface area contributed by atoms with E-state index in [1.807, 2.05) is 36.4 Å². The molecule has 3 aromatic carbocycles. The highest BCUT2D eigenvalue weighted by Gasteiger charge is 2.29. The van der Waals surface area contributed by atoms with E-state index in [0.717, 1.165) is 28.3 Å². The zero-order chi connectivity index (χ0) is 24.9. The van der Waals surface area contributed by atoms with Gasteiger partial charge in [-0.05, 0) is 46.4 Å². The molecule has 4 rings (SSSR count). The number of hydrogen-bond donors (Lipinski definition) is 4. The second-order valence-corrected chi connectivity index (χ2v) is 8.32. The molecule has 2 atom stereocenters. The van der Waals surface area contributed by atoms with E-state index in [2.05, 4.69) is 17.4 Å². The quantitative estimate of drug-likeness (QED) is 0.347. The fraction of sp³-hybridized carbons (Fsp3) is 0.259. The molecule has 1 aliphatic carbocycles. The van der Waals surface area contributed by atoms with Crippen LogP contribution >= 0.6 is 0 Å². The van der Waals surface area contributed by atoms with Crippen molar-refractivity contribution in [3.63, 3.8) is 0 Å². The minimum absolute atomic E-state index is 0.00680. The van der Waals surface area contributed by atoms with E-state index in [9.17, 15) is 24.9 Å². The second-order valence-electron chi connectivity index (χ2n) is 8.32. The average Bonchev–Trinajstić information content (AvgIpc) is 3.20. The Bertz CT molecular complexity index is 1180. The summed E-state index contributed by atoms with van der Waals surface area (Å²) in [5, 5.41) is 33.3. The monoisotopic (exact) mass is 477 g/mol. The number of amides is 1. The molecular weight excluding hydrogens is 450 g/mol. The lowest BCUT2D eigenvalue weighted by Gasteiger charge is -2.21. The number of aliphatic hydroxyl groups is 2. The zero-order valence-corrected chi connectivity index (χ0v) is 19.2. The van der Waals surface area contributed by atoms with Crippen LogP contribution < -0.4 is 10.1 Å². The lowest BCUT2D eigenvalue weighted by molar-refractivity contribution is 0.0132. The Morgan fingerprint density at radius 3 is 2.29 bits per heavy atom. The summed E-state index contributed by atoms with van der Waals surface area (Å²) in [6, 6.07) is 18.5. The van der Waals surface area contributed by atoms with E-state index >= 15 is 0 Å². The van der Waals surface area contributed by atoms with Crippen LogP contribution in [0.25, 0.3) is 11.1 Å². The van der Waals surface area contributed by atoms with Crippen LogP contribution in [-0.4, -0.2) is 54.1 Å². The smallest absolute Gasteiger partial charge is 0.407 e. The highest BCUT2D eigenvalue weighted by atomic mass is 16.5. The molecule has 4 N–H and O–H groups in total. The summed E-state index contributed by atoms with van der Waals surface area (Å²) >= 11 is 0. The van der Waals surface area contributed by atoms with Crippen LogP contribution in [0.4, 0.5) is 4.79 Å².